The Bertz CT molecular complexity index is 1270. The highest BCUT2D eigenvalue weighted by molar-refractivity contribution is 6.33. The molecular weight excluding hydrogens is 460 g/mol. The van der Waals surface area contributed by atoms with E-state index in [-0.39, 0.29) is 5.91 Å². The fourth-order valence-electron chi connectivity index (χ4n) is 3.79. The first-order valence-corrected chi connectivity index (χ1v) is 11.8. The van der Waals surface area contributed by atoms with Gasteiger partial charge in [0.05, 0.1) is 23.5 Å². The van der Waals surface area contributed by atoms with E-state index in [1.54, 1.807) is 11.8 Å². The molecule has 0 spiro atoms. The molecule has 3 aromatic carbocycles. The van der Waals surface area contributed by atoms with Crippen molar-refractivity contribution >= 4 is 17.5 Å². The molecule has 0 radical (unpaired) electrons. The topological polar surface area (TPSA) is 50.6 Å². The van der Waals surface area contributed by atoms with Crippen LogP contribution in [0.5, 0.6) is 5.75 Å². The Labute approximate surface area is 211 Å². The number of amides is 1. The molecule has 0 aliphatic heterocycles. The Morgan fingerprint density at radius 3 is 2.29 bits per heavy atom. The summed E-state index contributed by atoms with van der Waals surface area (Å²) in [6.45, 7) is 1.82. The maximum atomic E-state index is 14.0. The minimum absolute atomic E-state index is 0.0997. The lowest BCUT2D eigenvalue weighted by atomic mass is 10.1. The summed E-state index contributed by atoms with van der Waals surface area (Å²) < 4.78 is 6.99. The number of halogens is 1. The van der Waals surface area contributed by atoms with Gasteiger partial charge >= 0.3 is 0 Å². The highest BCUT2D eigenvalue weighted by atomic mass is 35.5. The molecule has 0 saturated carbocycles. The fourth-order valence-corrected chi connectivity index (χ4v) is 4.03. The zero-order valence-electron chi connectivity index (χ0n) is 20.2. The maximum absolute atomic E-state index is 14.0. The Morgan fingerprint density at radius 1 is 0.943 bits per heavy atom. The summed E-state index contributed by atoms with van der Waals surface area (Å²) in [5.41, 5.74) is 3.72. The third kappa shape index (κ3) is 5.91. The number of hydrogen-bond acceptors (Lipinski definition) is 4. The number of hydrogen-bond donors (Lipinski definition) is 0. The van der Waals surface area contributed by atoms with Gasteiger partial charge in [-0.1, -0.05) is 60.1 Å². The molecule has 4 rings (SSSR count). The molecule has 0 aliphatic carbocycles. The average Bonchev–Trinajstić information content (AvgIpc) is 3.32. The predicted octanol–water partition coefficient (Wildman–Crippen LogP) is 5.41. The number of carbonyl (C=O) groups is 1. The van der Waals surface area contributed by atoms with Crippen LogP contribution >= 0.6 is 11.6 Å². The third-order valence-corrected chi connectivity index (χ3v) is 6.05. The Hall–Kier alpha value is -3.61. The van der Waals surface area contributed by atoms with Gasteiger partial charge in [-0.2, -0.15) is 5.10 Å². The van der Waals surface area contributed by atoms with Gasteiger partial charge in [0.2, 0.25) is 0 Å². The van der Waals surface area contributed by atoms with Gasteiger partial charge in [0.25, 0.3) is 5.91 Å². The van der Waals surface area contributed by atoms with Crippen LogP contribution in [0.1, 0.15) is 16.1 Å². The SMILES string of the molecule is COc1ccc(-n2nc(-c3ccccc3Cl)cc2C(=O)N(CCN(C)C)Cc2ccccc2)cc1. The summed E-state index contributed by atoms with van der Waals surface area (Å²) >= 11 is 6.47. The van der Waals surface area contributed by atoms with Crippen LogP contribution in [0.3, 0.4) is 0 Å². The zero-order chi connectivity index (χ0) is 24.8. The van der Waals surface area contributed by atoms with Crippen molar-refractivity contribution in [2.24, 2.45) is 0 Å². The number of nitrogens with zero attached hydrogens (tertiary/aromatic N) is 4. The van der Waals surface area contributed by atoms with Gasteiger partial charge in [-0.25, -0.2) is 4.68 Å². The second kappa shape index (κ2) is 11.2. The van der Waals surface area contributed by atoms with Crippen LogP contribution in [0.15, 0.2) is 84.9 Å². The monoisotopic (exact) mass is 488 g/mol. The third-order valence-electron chi connectivity index (χ3n) is 5.72. The molecule has 0 fully saturated rings. The van der Waals surface area contributed by atoms with E-state index in [2.05, 4.69) is 4.90 Å². The predicted molar refractivity (Wildman–Crippen MR) is 140 cm³/mol. The molecule has 1 aromatic heterocycles. The first kappa shape index (κ1) is 24.5. The van der Waals surface area contributed by atoms with Crippen LogP contribution in [0.2, 0.25) is 5.02 Å². The largest absolute Gasteiger partial charge is 0.497 e. The van der Waals surface area contributed by atoms with Crippen molar-refractivity contribution in [2.75, 3.05) is 34.3 Å². The lowest BCUT2D eigenvalue weighted by Gasteiger charge is -2.25. The van der Waals surface area contributed by atoms with Crippen LogP contribution in [0.4, 0.5) is 0 Å². The maximum Gasteiger partial charge on any atom is 0.272 e. The van der Waals surface area contributed by atoms with E-state index in [1.807, 2.05) is 104 Å². The average molecular weight is 489 g/mol. The Kier molecular flexibility index (Phi) is 7.85. The lowest BCUT2D eigenvalue weighted by molar-refractivity contribution is 0.0722. The van der Waals surface area contributed by atoms with Crippen molar-refractivity contribution in [1.29, 1.82) is 0 Å². The van der Waals surface area contributed by atoms with Gasteiger partial charge in [0, 0.05) is 25.2 Å². The van der Waals surface area contributed by atoms with Gasteiger partial charge in [0.15, 0.2) is 0 Å². The number of rotatable bonds is 9. The van der Waals surface area contributed by atoms with E-state index in [9.17, 15) is 4.79 Å². The van der Waals surface area contributed by atoms with Crippen molar-refractivity contribution in [2.45, 2.75) is 6.54 Å². The van der Waals surface area contributed by atoms with E-state index >= 15 is 0 Å². The quantitative estimate of drug-likeness (QED) is 0.316. The Morgan fingerprint density at radius 2 is 1.63 bits per heavy atom. The van der Waals surface area contributed by atoms with Gasteiger partial charge in [0.1, 0.15) is 11.4 Å². The number of benzene rings is 3. The molecule has 6 nitrogen and oxygen atoms in total. The normalized spacial score (nSPS) is 11.0. The Balaban J connectivity index is 1.78. The van der Waals surface area contributed by atoms with Crippen LogP contribution in [0.25, 0.3) is 16.9 Å². The second-order valence-corrected chi connectivity index (χ2v) is 8.93. The van der Waals surface area contributed by atoms with Crippen molar-refractivity contribution in [3.05, 3.63) is 101 Å². The van der Waals surface area contributed by atoms with Crippen molar-refractivity contribution in [1.82, 2.24) is 19.6 Å². The molecule has 0 aliphatic rings. The van der Waals surface area contributed by atoms with Gasteiger partial charge in [-0.15, -0.1) is 0 Å². The highest BCUT2D eigenvalue weighted by Gasteiger charge is 2.24. The highest BCUT2D eigenvalue weighted by Crippen LogP contribution is 2.29. The smallest absolute Gasteiger partial charge is 0.272 e. The molecule has 0 unspecified atom stereocenters. The second-order valence-electron chi connectivity index (χ2n) is 8.52. The van der Waals surface area contributed by atoms with E-state index < -0.39 is 0 Å². The van der Waals surface area contributed by atoms with Crippen LogP contribution in [0, 0.1) is 0 Å². The van der Waals surface area contributed by atoms with Crippen LogP contribution in [-0.2, 0) is 6.54 Å². The molecule has 1 heterocycles. The van der Waals surface area contributed by atoms with E-state index in [0.717, 1.165) is 29.1 Å². The molecule has 180 valence electrons. The summed E-state index contributed by atoms with van der Waals surface area (Å²) in [5.74, 6) is 0.633. The first-order valence-electron chi connectivity index (χ1n) is 11.4. The van der Waals surface area contributed by atoms with Gasteiger partial charge in [-0.3, -0.25) is 4.79 Å². The van der Waals surface area contributed by atoms with Crippen LogP contribution in [-0.4, -0.2) is 59.8 Å². The number of carbonyl (C=O) groups excluding carboxylic acids is 1. The standard InChI is InChI=1S/C28H29ClN4O2/c1-31(2)17-18-32(20-21-9-5-4-6-10-21)28(34)27-19-26(24-11-7-8-12-25(24)29)30-33(27)22-13-15-23(35-3)16-14-22/h4-16,19H,17-18,20H2,1-3H3. The van der Waals surface area contributed by atoms with Crippen LogP contribution < -0.4 is 4.74 Å². The van der Waals surface area contributed by atoms with Gasteiger partial charge < -0.3 is 14.5 Å². The molecule has 0 saturated heterocycles. The van der Waals surface area contributed by atoms with E-state index in [1.165, 1.54) is 0 Å². The van der Waals surface area contributed by atoms with E-state index in [4.69, 9.17) is 21.4 Å². The molecule has 7 heteroatoms. The molecule has 35 heavy (non-hydrogen) atoms. The summed E-state index contributed by atoms with van der Waals surface area (Å²) in [7, 11) is 5.63. The molecule has 0 bridgehead atoms. The lowest BCUT2D eigenvalue weighted by Crippen LogP contribution is -2.37. The molecule has 4 aromatic rings. The minimum atomic E-state index is -0.0997. The van der Waals surface area contributed by atoms with Crippen molar-refractivity contribution in [3.63, 3.8) is 0 Å². The van der Waals surface area contributed by atoms with Crippen molar-refractivity contribution < 1.29 is 9.53 Å². The number of methoxy groups -OCH3 is 1. The molecule has 1 amide bonds. The summed E-state index contributed by atoms with van der Waals surface area (Å²) in [4.78, 5) is 17.9. The summed E-state index contributed by atoms with van der Waals surface area (Å²) in [6, 6.07) is 26.8. The number of likely N-dealkylation sites (N-methyl/N-ethyl adjacent to an activating group) is 1. The molecule has 0 atom stereocenters. The van der Waals surface area contributed by atoms with E-state index in [0.29, 0.717) is 29.5 Å². The number of aromatic nitrogens is 2. The molecular formula is C28H29ClN4O2. The first-order chi connectivity index (χ1) is 17.0. The summed E-state index contributed by atoms with van der Waals surface area (Å²) in [6.07, 6.45) is 0. The van der Waals surface area contributed by atoms with Gasteiger partial charge in [-0.05, 0) is 56.1 Å². The fraction of sp³-hybridized carbons (Fsp3) is 0.214. The zero-order valence-corrected chi connectivity index (χ0v) is 20.9. The summed E-state index contributed by atoms with van der Waals surface area (Å²) in [5, 5.41) is 5.39. The molecule has 0 N–H and O–H groups in total. The van der Waals surface area contributed by atoms with Crippen molar-refractivity contribution in [3.8, 4) is 22.7 Å². The minimum Gasteiger partial charge on any atom is -0.497 e. The number of ether oxygens (including phenoxy) is 1.